The van der Waals surface area contributed by atoms with Crippen molar-refractivity contribution in [2.75, 3.05) is 5.32 Å². The van der Waals surface area contributed by atoms with Crippen molar-refractivity contribution >= 4 is 34.5 Å². The number of nitrogens with zero attached hydrogens (tertiary/aromatic N) is 2. The minimum Gasteiger partial charge on any atom is -0.326 e. The van der Waals surface area contributed by atoms with E-state index in [1.54, 1.807) is 47.2 Å². The molecule has 0 spiro atoms. The molecule has 116 valence electrons. The Morgan fingerprint density at radius 1 is 1.09 bits per heavy atom. The molecule has 0 atom stereocenters. The lowest BCUT2D eigenvalue weighted by molar-refractivity contribution is -0.116. The van der Waals surface area contributed by atoms with E-state index in [0.29, 0.717) is 16.3 Å². The molecule has 1 aromatic carbocycles. The highest BCUT2D eigenvalue weighted by molar-refractivity contribution is 6.30. The monoisotopic (exact) mass is 327 g/mol. The number of rotatable bonds is 5. The van der Waals surface area contributed by atoms with Gasteiger partial charge in [0, 0.05) is 41.5 Å². The second kappa shape index (κ2) is 6.62. The van der Waals surface area contributed by atoms with E-state index in [1.807, 2.05) is 12.1 Å². The van der Waals surface area contributed by atoms with Gasteiger partial charge in [-0.05, 0) is 42.5 Å². The summed E-state index contributed by atoms with van der Waals surface area (Å²) < 4.78 is 1.71. The number of halogens is 1. The van der Waals surface area contributed by atoms with Gasteiger partial charge in [-0.3, -0.25) is 9.59 Å². The number of hydrogen-bond acceptors (Lipinski definition) is 3. The molecule has 0 saturated heterocycles. The van der Waals surface area contributed by atoms with Gasteiger partial charge in [-0.1, -0.05) is 11.6 Å². The van der Waals surface area contributed by atoms with E-state index in [4.69, 9.17) is 11.6 Å². The first-order valence-electron chi connectivity index (χ1n) is 7.14. The molecule has 0 fully saturated rings. The molecule has 0 aliphatic heterocycles. The van der Waals surface area contributed by atoms with Gasteiger partial charge < -0.3 is 5.32 Å². The molecule has 3 rings (SSSR count). The molecule has 0 aliphatic carbocycles. The Morgan fingerprint density at radius 3 is 2.65 bits per heavy atom. The Kier molecular flexibility index (Phi) is 4.39. The molecule has 3 aromatic rings. The van der Waals surface area contributed by atoms with Crippen molar-refractivity contribution in [1.82, 2.24) is 9.61 Å². The molecule has 0 bridgehead atoms. The molecular formula is C17H14ClN3O2. The molecule has 2 heterocycles. The number of hydrogen-bond donors (Lipinski definition) is 1. The van der Waals surface area contributed by atoms with Crippen molar-refractivity contribution in [3.63, 3.8) is 0 Å². The number of ketones is 1. The van der Waals surface area contributed by atoms with Crippen LogP contribution in [0.4, 0.5) is 5.69 Å². The summed E-state index contributed by atoms with van der Waals surface area (Å²) in [5.74, 6) is -0.278. The zero-order valence-corrected chi connectivity index (χ0v) is 13.0. The number of amides is 1. The molecule has 5 nitrogen and oxygen atoms in total. The number of benzene rings is 1. The number of nitrogens with one attached hydrogen (secondary N) is 1. The number of aromatic nitrogens is 2. The van der Waals surface area contributed by atoms with Crippen LogP contribution >= 0.6 is 11.6 Å². The summed E-state index contributed by atoms with van der Waals surface area (Å²) in [7, 11) is 0. The molecule has 0 radical (unpaired) electrons. The number of pyridine rings is 1. The fourth-order valence-electron chi connectivity index (χ4n) is 2.23. The fourth-order valence-corrected chi connectivity index (χ4v) is 2.36. The van der Waals surface area contributed by atoms with Crippen LogP contribution in [0.2, 0.25) is 5.02 Å². The second-order valence-electron chi connectivity index (χ2n) is 5.09. The van der Waals surface area contributed by atoms with Crippen LogP contribution in [0.25, 0.3) is 5.52 Å². The first kappa shape index (κ1) is 15.2. The molecule has 0 aliphatic rings. The van der Waals surface area contributed by atoms with Gasteiger partial charge in [0.2, 0.25) is 5.91 Å². The third-order valence-electron chi connectivity index (χ3n) is 3.43. The van der Waals surface area contributed by atoms with E-state index in [0.717, 1.165) is 5.52 Å². The normalized spacial score (nSPS) is 10.7. The minimum atomic E-state index is -0.198. The van der Waals surface area contributed by atoms with Crippen molar-refractivity contribution < 1.29 is 9.59 Å². The fraction of sp³-hybridized carbons (Fsp3) is 0.118. The first-order valence-corrected chi connectivity index (χ1v) is 7.52. The summed E-state index contributed by atoms with van der Waals surface area (Å²) in [5, 5.41) is 7.45. The lowest BCUT2D eigenvalue weighted by atomic mass is 10.1. The maximum atomic E-state index is 12.0. The van der Waals surface area contributed by atoms with Crippen LogP contribution in [-0.4, -0.2) is 21.3 Å². The summed E-state index contributed by atoms with van der Waals surface area (Å²) in [6, 6.07) is 12.1. The Labute approximate surface area is 137 Å². The summed E-state index contributed by atoms with van der Waals surface area (Å²) in [4.78, 5) is 24.0. The smallest absolute Gasteiger partial charge is 0.224 e. The van der Waals surface area contributed by atoms with Gasteiger partial charge >= 0.3 is 0 Å². The van der Waals surface area contributed by atoms with Crippen molar-refractivity contribution in [3.05, 3.63) is 65.4 Å². The van der Waals surface area contributed by atoms with Crippen molar-refractivity contribution in [1.29, 1.82) is 0 Å². The number of carbonyl (C=O) groups excluding carboxylic acids is 2. The predicted molar refractivity (Wildman–Crippen MR) is 88.8 cm³/mol. The van der Waals surface area contributed by atoms with Crippen molar-refractivity contribution in [2.24, 2.45) is 0 Å². The minimum absolute atomic E-state index is 0.0805. The quantitative estimate of drug-likeness (QED) is 0.728. The number of carbonyl (C=O) groups is 2. The summed E-state index contributed by atoms with van der Waals surface area (Å²) in [5.41, 5.74) is 2.13. The summed E-state index contributed by atoms with van der Waals surface area (Å²) in [6.07, 6.45) is 3.74. The zero-order valence-electron chi connectivity index (χ0n) is 12.2. The van der Waals surface area contributed by atoms with Gasteiger partial charge in [0.1, 0.15) is 0 Å². The molecule has 0 saturated carbocycles. The van der Waals surface area contributed by atoms with E-state index >= 15 is 0 Å². The van der Waals surface area contributed by atoms with E-state index in [2.05, 4.69) is 10.4 Å². The van der Waals surface area contributed by atoms with Crippen LogP contribution in [0.1, 0.15) is 23.2 Å². The lowest BCUT2D eigenvalue weighted by Gasteiger charge is -2.06. The van der Waals surface area contributed by atoms with Gasteiger partial charge in [0.05, 0.1) is 5.52 Å². The van der Waals surface area contributed by atoms with Crippen molar-refractivity contribution in [3.8, 4) is 0 Å². The summed E-state index contributed by atoms with van der Waals surface area (Å²) in [6.45, 7) is 0. The van der Waals surface area contributed by atoms with Crippen molar-refractivity contribution in [2.45, 2.75) is 12.8 Å². The average Bonchev–Trinajstić information content (AvgIpc) is 3.01. The average molecular weight is 328 g/mol. The zero-order chi connectivity index (χ0) is 16.2. The number of fused-ring (bicyclic) bond motifs is 1. The van der Waals surface area contributed by atoms with E-state index in [1.165, 1.54) is 0 Å². The highest BCUT2D eigenvalue weighted by Crippen LogP contribution is 2.14. The van der Waals surface area contributed by atoms with Gasteiger partial charge in [0.25, 0.3) is 0 Å². The number of anilines is 1. The second-order valence-corrected chi connectivity index (χ2v) is 5.53. The molecule has 6 heteroatoms. The standard InChI is InChI=1S/C17H14ClN3O2/c18-13-3-1-12(2-4-13)16(22)5-6-17(23)20-14-8-10-21-15(11-14)7-9-19-21/h1-4,7-11H,5-6H2,(H,20,23). The van der Waals surface area contributed by atoms with E-state index < -0.39 is 0 Å². The van der Waals surface area contributed by atoms with E-state index in [9.17, 15) is 9.59 Å². The lowest BCUT2D eigenvalue weighted by Crippen LogP contribution is -2.13. The van der Waals surface area contributed by atoms with Crippen LogP contribution in [0, 0.1) is 0 Å². The summed E-state index contributed by atoms with van der Waals surface area (Å²) >= 11 is 5.79. The molecule has 1 N–H and O–H groups in total. The maximum Gasteiger partial charge on any atom is 0.224 e. The Morgan fingerprint density at radius 2 is 1.87 bits per heavy atom. The first-order chi connectivity index (χ1) is 11.1. The Bertz CT molecular complexity index is 856. The Balaban J connectivity index is 1.56. The third kappa shape index (κ3) is 3.76. The van der Waals surface area contributed by atoms with Crippen LogP contribution in [-0.2, 0) is 4.79 Å². The van der Waals surface area contributed by atoms with Gasteiger partial charge in [-0.2, -0.15) is 5.10 Å². The van der Waals surface area contributed by atoms with Crippen LogP contribution in [0.5, 0.6) is 0 Å². The highest BCUT2D eigenvalue weighted by Gasteiger charge is 2.10. The predicted octanol–water partition coefficient (Wildman–Crippen LogP) is 3.59. The molecule has 2 aromatic heterocycles. The molecular weight excluding hydrogens is 314 g/mol. The van der Waals surface area contributed by atoms with Crippen LogP contribution in [0.3, 0.4) is 0 Å². The van der Waals surface area contributed by atoms with Gasteiger partial charge in [-0.15, -0.1) is 0 Å². The highest BCUT2D eigenvalue weighted by atomic mass is 35.5. The van der Waals surface area contributed by atoms with Crippen LogP contribution in [0.15, 0.2) is 54.9 Å². The topological polar surface area (TPSA) is 63.5 Å². The van der Waals surface area contributed by atoms with Crippen LogP contribution < -0.4 is 5.32 Å². The third-order valence-corrected chi connectivity index (χ3v) is 3.68. The largest absolute Gasteiger partial charge is 0.326 e. The SMILES string of the molecule is O=C(CCC(=O)c1ccc(Cl)cc1)Nc1ccn2nccc2c1. The van der Waals surface area contributed by atoms with E-state index in [-0.39, 0.29) is 24.5 Å². The molecule has 0 unspecified atom stereocenters. The van der Waals surface area contributed by atoms with Gasteiger partial charge in [-0.25, -0.2) is 4.52 Å². The van der Waals surface area contributed by atoms with Gasteiger partial charge in [0.15, 0.2) is 5.78 Å². The maximum absolute atomic E-state index is 12.0. The number of Topliss-reactive ketones (excluding diaryl/α,β-unsaturated/α-hetero) is 1. The Hall–Kier alpha value is -2.66. The molecule has 23 heavy (non-hydrogen) atoms. The molecule has 1 amide bonds.